The predicted octanol–water partition coefficient (Wildman–Crippen LogP) is 4.22. The van der Waals surface area contributed by atoms with Gasteiger partial charge in [0.2, 0.25) is 0 Å². The van der Waals surface area contributed by atoms with Crippen LogP contribution >= 0.6 is 40.8 Å². The Hall–Kier alpha value is 0.994. The van der Waals surface area contributed by atoms with E-state index >= 15 is 0 Å². The van der Waals surface area contributed by atoms with Crippen molar-refractivity contribution in [2.75, 3.05) is 20.3 Å². The van der Waals surface area contributed by atoms with Crippen molar-refractivity contribution in [3.05, 3.63) is 12.4 Å². The summed E-state index contributed by atoms with van der Waals surface area (Å²) in [7, 11) is 19.4. The second-order valence-electron chi connectivity index (χ2n) is 3.13. The van der Waals surface area contributed by atoms with Gasteiger partial charge in [0.1, 0.15) is 0 Å². The zero-order valence-corrected chi connectivity index (χ0v) is 12.7. The van der Waals surface area contributed by atoms with Crippen LogP contribution in [0.4, 0.5) is 0 Å². The zero-order valence-electron chi connectivity index (χ0n) is 8.71. The Morgan fingerprint density at radius 3 is 2.07 bits per heavy atom. The Bertz CT molecular complexity index is 190. The molecule has 0 saturated heterocycles. The number of unbranched alkanes of at least 4 members (excludes halogenated alkanes) is 1. The van der Waals surface area contributed by atoms with Gasteiger partial charge in [0.25, 0.3) is 0 Å². The molecular formula is C8H16Cl4N2Ni. The molecule has 1 rings (SSSR count). The Kier molecular flexibility index (Phi) is 8.68. The Morgan fingerprint density at radius 1 is 1.20 bits per heavy atom. The van der Waals surface area contributed by atoms with Gasteiger partial charge in [-0.2, -0.15) is 0 Å². The first-order valence-corrected chi connectivity index (χ1v) is 9.87. The molecule has 0 aromatic rings. The van der Waals surface area contributed by atoms with E-state index in [-0.39, 0.29) is 0 Å². The number of halogens is 4. The summed E-state index contributed by atoms with van der Waals surface area (Å²) in [4.78, 5) is 4.53. The Balaban J connectivity index is 0.000000336. The van der Waals surface area contributed by atoms with Crippen molar-refractivity contribution < 1.29 is 8.82 Å². The molecule has 0 radical (unpaired) electrons. The summed E-state index contributed by atoms with van der Waals surface area (Å²) >= 11 is 0. The molecule has 1 aliphatic heterocycles. The van der Waals surface area contributed by atoms with Crippen LogP contribution in [0, 0.1) is 0 Å². The van der Waals surface area contributed by atoms with Crippen molar-refractivity contribution >= 4 is 40.8 Å². The van der Waals surface area contributed by atoms with Crippen molar-refractivity contribution in [1.29, 1.82) is 0 Å². The fourth-order valence-corrected chi connectivity index (χ4v) is 1.10. The molecule has 7 heteroatoms. The molecule has 0 amide bonds. The maximum atomic E-state index is 4.92. The summed E-state index contributed by atoms with van der Waals surface area (Å²) in [6.45, 7) is 4.50. The average molecular weight is 341 g/mol. The molecule has 0 spiro atoms. The topological polar surface area (TPSA) is 6.48 Å². The molecule has 0 unspecified atom stereocenters. The summed E-state index contributed by atoms with van der Waals surface area (Å²) in [5.74, 6) is 0. The van der Waals surface area contributed by atoms with Gasteiger partial charge >= 0.3 is 49.6 Å². The van der Waals surface area contributed by atoms with E-state index in [0.29, 0.717) is 0 Å². The zero-order chi connectivity index (χ0) is 11.9. The van der Waals surface area contributed by atoms with Crippen LogP contribution < -0.4 is 0 Å². The Labute approximate surface area is 111 Å². The van der Waals surface area contributed by atoms with Crippen LogP contribution in [-0.4, -0.2) is 30.1 Å². The van der Waals surface area contributed by atoms with Gasteiger partial charge in [-0.3, -0.25) is 0 Å². The third-order valence-electron chi connectivity index (χ3n) is 1.74. The molecule has 0 atom stereocenters. The van der Waals surface area contributed by atoms with Gasteiger partial charge < -0.3 is 9.80 Å². The van der Waals surface area contributed by atoms with E-state index in [9.17, 15) is 0 Å². The average Bonchev–Trinajstić information content (AvgIpc) is 2.45. The third-order valence-corrected chi connectivity index (χ3v) is 1.74. The van der Waals surface area contributed by atoms with Gasteiger partial charge in [0, 0.05) is 26.0 Å². The maximum absolute atomic E-state index is 4.92. The molecule has 2 nitrogen and oxygen atoms in total. The van der Waals surface area contributed by atoms with Crippen LogP contribution in [0.5, 0.6) is 0 Å². The first-order valence-electron chi connectivity index (χ1n) is 4.43. The van der Waals surface area contributed by atoms with Gasteiger partial charge in [-0.15, -0.1) is 0 Å². The van der Waals surface area contributed by atoms with Gasteiger partial charge in [-0.05, 0) is 6.42 Å². The van der Waals surface area contributed by atoms with Crippen LogP contribution in [0.2, 0.25) is 0 Å². The Morgan fingerprint density at radius 2 is 1.73 bits per heavy atom. The minimum atomic E-state index is -2.36. The second kappa shape index (κ2) is 8.14. The number of hydrogen-bond donors (Lipinski definition) is 0. The van der Waals surface area contributed by atoms with Crippen LogP contribution in [-0.2, 0) is 8.82 Å². The van der Waals surface area contributed by atoms with Gasteiger partial charge in [0.05, 0.1) is 6.67 Å². The SMILES string of the molecule is CCCCN1C=CN(C)C1.[Cl][Ni]([Cl])([Cl])[Cl]. The van der Waals surface area contributed by atoms with Crippen LogP contribution in [0.25, 0.3) is 0 Å². The standard InChI is InChI=1S/C8H16N2.4ClH.Ni/c1-3-4-5-10-7-6-9(2)8-10;;;;;/h6-7H,3-5,8H2,1-2H3;4*1H;/q;;;;;+4/p-4. The van der Waals surface area contributed by atoms with Gasteiger partial charge in [-0.25, -0.2) is 0 Å². The molecule has 0 aliphatic carbocycles. The van der Waals surface area contributed by atoms with Crippen molar-refractivity contribution in [1.82, 2.24) is 9.80 Å². The van der Waals surface area contributed by atoms with E-state index in [1.807, 2.05) is 0 Å². The summed E-state index contributed by atoms with van der Waals surface area (Å²) in [6.07, 6.45) is 6.87. The van der Waals surface area contributed by atoms with E-state index in [1.165, 1.54) is 19.4 Å². The van der Waals surface area contributed by atoms with Crippen molar-refractivity contribution in [3.63, 3.8) is 0 Å². The summed E-state index contributed by atoms with van der Waals surface area (Å²) in [5.41, 5.74) is 0. The second-order valence-corrected chi connectivity index (χ2v) is 12.9. The van der Waals surface area contributed by atoms with Crippen molar-refractivity contribution in [2.24, 2.45) is 0 Å². The van der Waals surface area contributed by atoms with Gasteiger partial charge in [-0.1, -0.05) is 13.3 Å². The number of hydrogen-bond acceptors (Lipinski definition) is 2. The minimum absolute atomic E-state index is 1.07. The summed E-state index contributed by atoms with van der Waals surface area (Å²) in [5, 5.41) is 0. The molecule has 0 aromatic carbocycles. The molecule has 0 N–H and O–H groups in total. The first kappa shape index (κ1) is 16.0. The molecule has 15 heavy (non-hydrogen) atoms. The molecule has 0 aromatic heterocycles. The summed E-state index contributed by atoms with van der Waals surface area (Å²) < 4.78 is 0. The molecule has 1 heterocycles. The molecule has 0 fully saturated rings. The van der Waals surface area contributed by atoms with Crippen molar-refractivity contribution in [2.45, 2.75) is 19.8 Å². The molecule has 0 saturated carbocycles. The predicted molar refractivity (Wildman–Crippen MR) is 66.8 cm³/mol. The van der Waals surface area contributed by atoms with Crippen LogP contribution in [0.1, 0.15) is 19.8 Å². The van der Waals surface area contributed by atoms with E-state index in [1.54, 1.807) is 0 Å². The van der Waals surface area contributed by atoms with Crippen molar-refractivity contribution in [3.8, 4) is 0 Å². The van der Waals surface area contributed by atoms with E-state index in [0.717, 1.165) is 6.67 Å². The van der Waals surface area contributed by atoms with E-state index < -0.39 is 8.82 Å². The molecule has 1 aliphatic rings. The molecular weight excluding hydrogens is 325 g/mol. The molecule has 96 valence electrons. The first-order chi connectivity index (χ1) is 6.83. The summed E-state index contributed by atoms with van der Waals surface area (Å²) in [6, 6.07) is 0. The fourth-order valence-electron chi connectivity index (χ4n) is 1.10. The fraction of sp³-hybridized carbons (Fsp3) is 0.750. The third kappa shape index (κ3) is 12.9. The van der Waals surface area contributed by atoms with E-state index in [4.69, 9.17) is 40.8 Å². The molecule has 0 bridgehead atoms. The van der Waals surface area contributed by atoms with Crippen LogP contribution in [0.3, 0.4) is 0 Å². The normalized spacial score (nSPS) is 16.4. The number of rotatable bonds is 3. The monoisotopic (exact) mass is 338 g/mol. The number of nitrogens with zero attached hydrogens (tertiary/aromatic N) is 2. The van der Waals surface area contributed by atoms with E-state index in [2.05, 4.69) is 36.2 Å². The van der Waals surface area contributed by atoms with Crippen LogP contribution in [0.15, 0.2) is 12.4 Å². The van der Waals surface area contributed by atoms with Gasteiger partial charge in [0.15, 0.2) is 0 Å². The quantitative estimate of drug-likeness (QED) is 0.710.